The Morgan fingerprint density at radius 1 is 1.32 bits per heavy atom. The third kappa shape index (κ3) is 2.43. The summed E-state index contributed by atoms with van der Waals surface area (Å²) in [5, 5.41) is 10.5. The molecule has 0 amide bonds. The van der Waals surface area contributed by atoms with Gasteiger partial charge in [-0.05, 0) is 31.9 Å². The Morgan fingerprint density at radius 2 is 2.00 bits per heavy atom. The number of alkyl halides is 1. The number of aliphatic hydroxyl groups is 1. The van der Waals surface area contributed by atoms with E-state index in [1.807, 2.05) is 6.92 Å². The monoisotopic (exact) mass is 389 g/mol. The van der Waals surface area contributed by atoms with Crippen molar-refractivity contribution in [2.45, 2.75) is 41.1 Å². The minimum atomic E-state index is -3.67. The minimum absolute atomic E-state index is 0.119. The highest BCUT2D eigenvalue weighted by Crippen LogP contribution is 2.43. The van der Waals surface area contributed by atoms with Gasteiger partial charge in [0.1, 0.15) is 0 Å². The lowest BCUT2D eigenvalue weighted by atomic mass is 9.88. The van der Waals surface area contributed by atoms with E-state index in [9.17, 15) is 13.5 Å². The fraction of sp³-hybridized carbons (Fsp3) is 0.600. The van der Waals surface area contributed by atoms with E-state index in [4.69, 9.17) is 4.74 Å². The van der Waals surface area contributed by atoms with Gasteiger partial charge in [-0.3, -0.25) is 0 Å². The van der Waals surface area contributed by atoms with Crippen molar-refractivity contribution in [1.29, 1.82) is 0 Å². The van der Waals surface area contributed by atoms with E-state index in [0.717, 1.165) is 5.56 Å². The lowest BCUT2D eigenvalue weighted by molar-refractivity contribution is -0.0458. The Hall–Kier alpha value is -0.470. The van der Waals surface area contributed by atoms with Crippen LogP contribution < -0.4 is 0 Å². The molecule has 1 aromatic rings. The Balaban J connectivity index is 2.03. The first-order chi connectivity index (χ1) is 10.4. The number of hydrogen-bond acceptors (Lipinski definition) is 4. The third-order valence-electron chi connectivity index (χ3n) is 4.65. The summed E-state index contributed by atoms with van der Waals surface area (Å²) >= 11 is 3.58. The van der Waals surface area contributed by atoms with Gasteiger partial charge in [0.05, 0.1) is 23.1 Å². The van der Waals surface area contributed by atoms with Crippen molar-refractivity contribution in [3.63, 3.8) is 0 Å². The van der Waals surface area contributed by atoms with Crippen LogP contribution in [0.1, 0.15) is 18.4 Å². The van der Waals surface area contributed by atoms with Crippen LogP contribution in [0.3, 0.4) is 0 Å². The van der Waals surface area contributed by atoms with E-state index in [-0.39, 0.29) is 16.3 Å². The summed E-state index contributed by atoms with van der Waals surface area (Å²) in [6, 6.07) is 6.82. The first kappa shape index (κ1) is 16.4. The van der Waals surface area contributed by atoms with Crippen molar-refractivity contribution in [3.05, 3.63) is 29.8 Å². The molecule has 0 aliphatic carbocycles. The molecule has 0 radical (unpaired) electrons. The van der Waals surface area contributed by atoms with Crippen molar-refractivity contribution < 1.29 is 18.3 Å². The van der Waals surface area contributed by atoms with Crippen molar-refractivity contribution in [3.8, 4) is 0 Å². The smallest absolute Gasteiger partial charge is 0.243 e. The normalized spacial score (nSPS) is 33.4. The molecule has 2 aliphatic heterocycles. The average molecular weight is 390 g/mol. The molecule has 0 bridgehead atoms. The molecular weight excluding hydrogens is 370 g/mol. The molecule has 1 unspecified atom stereocenters. The van der Waals surface area contributed by atoms with Gasteiger partial charge < -0.3 is 9.84 Å². The predicted molar refractivity (Wildman–Crippen MR) is 86.6 cm³/mol. The molecule has 1 spiro atoms. The number of nitrogens with zero attached hydrogens (tertiary/aromatic N) is 1. The summed E-state index contributed by atoms with van der Waals surface area (Å²) in [7, 11) is -3.67. The molecular formula is C15H20BrNO4S. The zero-order valence-corrected chi connectivity index (χ0v) is 14.8. The Kier molecular flexibility index (Phi) is 4.37. The van der Waals surface area contributed by atoms with Gasteiger partial charge in [-0.2, -0.15) is 4.31 Å². The zero-order chi connectivity index (χ0) is 16.0. The number of rotatable bonds is 2. The number of aliphatic hydroxyl groups excluding tert-OH is 1. The zero-order valence-electron chi connectivity index (χ0n) is 12.4. The molecule has 2 aliphatic rings. The molecule has 3 atom stereocenters. The van der Waals surface area contributed by atoms with Gasteiger partial charge in [0.25, 0.3) is 0 Å². The van der Waals surface area contributed by atoms with Crippen molar-refractivity contribution in [2.75, 3.05) is 19.8 Å². The molecule has 0 saturated carbocycles. The van der Waals surface area contributed by atoms with E-state index in [0.29, 0.717) is 26.0 Å². The van der Waals surface area contributed by atoms with Crippen LogP contribution in [0.15, 0.2) is 29.2 Å². The Morgan fingerprint density at radius 3 is 2.64 bits per heavy atom. The fourth-order valence-electron chi connectivity index (χ4n) is 3.34. The molecule has 122 valence electrons. The van der Waals surface area contributed by atoms with E-state index >= 15 is 0 Å². The maximum atomic E-state index is 13.0. The van der Waals surface area contributed by atoms with Gasteiger partial charge in [-0.25, -0.2) is 8.42 Å². The van der Waals surface area contributed by atoms with Crippen LogP contribution in [-0.4, -0.2) is 54.1 Å². The van der Waals surface area contributed by atoms with Gasteiger partial charge in [-0.1, -0.05) is 33.6 Å². The number of halogens is 1. The van der Waals surface area contributed by atoms with Gasteiger partial charge >= 0.3 is 0 Å². The summed E-state index contributed by atoms with van der Waals surface area (Å²) in [5.41, 5.74) is 0.0941. The molecule has 5 nitrogen and oxygen atoms in total. The number of hydrogen-bond donors (Lipinski definition) is 1. The molecule has 1 N–H and O–H groups in total. The Labute approximate surface area is 139 Å². The molecule has 2 saturated heterocycles. The van der Waals surface area contributed by atoms with E-state index < -0.39 is 21.7 Å². The summed E-state index contributed by atoms with van der Waals surface area (Å²) in [4.78, 5) is 0.142. The molecule has 7 heteroatoms. The van der Waals surface area contributed by atoms with Crippen LogP contribution in [0.25, 0.3) is 0 Å². The van der Waals surface area contributed by atoms with Gasteiger partial charge in [0.15, 0.2) is 0 Å². The van der Waals surface area contributed by atoms with Crippen molar-refractivity contribution in [1.82, 2.24) is 4.31 Å². The topological polar surface area (TPSA) is 66.8 Å². The van der Waals surface area contributed by atoms with E-state index in [2.05, 4.69) is 15.9 Å². The van der Waals surface area contributed by atoms with Gasteiger partial charge in [-0.15, -0.1) is 0 Å². The third-order valence-corrected chi connectivity index (χ3v) is 7.87. The largest absolute Gasteiger partial charge is 0.391 e. The number of benzene rings is 1. The molecule has 2 heterocycles. The van der Waals surface area contributed by atoms with Crippen LogP contribution in [0.2, 0.25) is 0 Å². The number of sulfonamides is 1. The average Bonchev–Trinajstić information content (AvgIpc) is 2.81. The second kappa shape index (κ2) is 5.87. The van der Waals surface area contributed by atoms with Crippen molar-refractivity contribution in [2.24, 2.45) is 0 Å². The van der Waals surface area contributed by atoms with Gasteiger partial charge in [0, 0.05) is 18.0 Å². The maximum absolute atomic E-state index is 13.0. The maximum Gasteiger partial charge on any atom is 0.243 e. The predicted octanol–water partition coefficient (Wildman–Crippen LogP) is 1.67. The minimum Gasteiger partial charge on any atom is -0.391 e. The molecule has 22 heavy (non-hydrogen) atoms. The quantitative estimate of drug-likeness (QED) is 0.781. The van der Waals surface area contributed by atoms with E-state index in [1.165, 1.54) is 4.31 Å². The summed E-state index contributed by atoms with van der Waals surface area (Å²) in [6.07, 6.45) is 0.380. The van der Waals surface area contributed by atoms with Crippen LogP contribution in [0.5, 0.6) is 0 Å². The van der Waals surface area contributed by atoms with Crippen LogP contribution in [0.4, 0.5) is 0 Å². The van der Waals surface area contributed by atoms with Crippen molar-refractivity contribution >= 4 is 26.0 Å². The van der Waals surface area contributed by atoms with Gasteiger partial charge in [0.2, 0.25) is 10.0 Å². The lowest BCUT2D eigenvalue weighted by Gasteiger charge is -2.45. The van der Waals surface area contributed by atoms with Crippen LogP contribution >= 0.6 is 15.9 Å². The molecule has 3 rings (SSSR count). The van der Waals surface area contributed by atoms with Crippen LogP contribution in [-0.2, 0) is 14.8 Å². The number of aryl methyl sites for hydroxylation is 1. The Bertz CT molecular complexity index is 648. The molecule has 1 aromatic carbocycles. The second-order valence-corrected chi connectivity index (χ2v) is 8.96. The lowest BCUT2D eigenvalue weighted by Crippen LogP contribution is -2.63. The second-order valence-electron chi connectivity index (χ2n) is 5.99. The summed E-state index contributed by atoms with van der Waals surface area (Å²) in [5.74, 6) is 0. The highest BCUT2D eigenvalue weighted by atomic mass is 79.9. The van der Waals surface area contributed by atoms with E-state index in [1.54, 1.807) is 24.3 Å². The first-order valence-corrected chi connectivity index (χ1v) is 9.74. The highest BCUT2D eigenvalue weighted by molar-refractivity contribution is 9.09. The first-order valence-electron chi connectivity index (χ1n) is 7.38. The summed E-state index contributed by atoms with van der Waals surface area (Å²) < 4.78 is 33.1. The standard InChI is InChI=1S/C15H20BrNO4S/c1-11-2-4-12(5-3-11)22(19,20)17-8-6-14(18)15(17)10-21-9-7-13(15)16/h2-5,13-14,18H,6-10H2,1H3/t13?,14-,15+/m1/s1. The molecule has 0 aromatic heterocycles. The SMILES string of the molecule is Cc1ccc(S(=O)(=O)N2CC[C@@H](O)[C@@]23COCCC3Br)cc1. The summed E-state index contributed by atoms with van der Waals surface area (Å²) in [6.45, 7) is 3.02. The number of ether oxygens (including phenoxy) is 1. The van der Waals surface area contributed by atoms with Crippen LogP contribution in [0, 0.1) is 6.92 Å². The molecule has 2 fully saturated rings. The fourth-order valence-corrected chi connectivity index (χ4v) is 6.18. The highest BCUT2D eigenvalue weighted by Gasteiger charge is 2.58.